The number of rotatable bonds is 5. The van der Waals surface area contributed by atoms with Crippen molar-refractivity contribution in [3.63, 3.8) is 0 Å². The maximum Gasteiger partial charge on any atom is 0.280 e. The summed E-state index contributed by atoms with van der Waals surface area (Å²) in [6.45, 7) is 1.83. The first kappa shape index (κ1) is 21.2. The van der Waals surface area contributed by atoms with Gasteiger partial charge in [0, 0.05) is 24.0 Å². The standard InChI is InChI=1S/C20H22ClF2NO3S/c1-14-5-7-18(8-6-14)28(26,27)24-11-9-16(10-12-24)20(22,23)19(25)15-3-2-4-17(21)13-15/h2-8,13,16,19,25H,9-12H2,1H3. The number of aryl methyl sites for hydroxylation is 1. The van der Waals surface area contributed by atoms with Gasteiger partial charge < -0.3 is 5.11 Å². The van der Waals surface area contributed by atoms with Crippen molar-refractivity contribution in [2.75, 3.05) is 13.1 Å². The van der Waals surface area contributed by atoms with Crippen molar-refractivity contribution in [1.82, 2.24) is 4.31 Å². The molecule has 1 aliphatic heterocycles. The first-order valence-corrected chi connectivity index (χ1v) is 10.8. The van der Waals surface area contributed by atoms with Gasteiger partial charge in [-0.15, -0.1) is 0 Å². The Morgan fingerprint density at radius 3 is 2.32 bits per heavy atom. The summed E-state index contributed by atoms with van der Waals surface area (Å²) in [5.41, 5.74) is 0.986. The van der Waals surface area contributed by atoms with E-state index in [0.717, 1.165) is 5.56 Å². The molecule has 1 saturated heterocycles. The Hall–Kier alpha value is -1.54. The minimum Gasteiger partial charge on any atom is -0.382 e. The maximum absolute atomic E-state index is 14.9. The molecule has 0 aromatic heterocycles. The summed E-state index contributed by atoms with van der Waals surface area (Å²) in [7, 11) is -3.72. The Balaban J connectivity index is 1.71. The van der Waals surface area contributed by atoms with Gasteiger partial charge in [-0.2, -0.15) is 4.31 Å². The third-order valence-corrected chi connectivity index (χ3v) is 7.33. The summed E-state index contributed by atoms with van der Waals surface area (Å²) >= 11 is 5.83. The molecular weight excluding hydrogens is 408 g/mol. The predicted octanol–water partition coefficient (Wildman–Crippen LogP) is 4.42. The largest absolute Gasteiger partial charge is 0.382 e. The number of benzene rings is 2. The number of sulfonamides is 1. The number of halogens is 3. The Morgan fingerprint density at radius 1 is 1.14 bits per heavy atom. The van der Waals surface area contributed by atoms with Gasteiger partial charge in [0.2, 0.25) is 10.0 Å². The molecule has 2 aromatic rings. The average molecular weight is 430 g/mol. The molecule has 0 amide bonds. The van der Waals surface area contributed by atoms with Crippen LogP contribution in [0.15, 0.2) is 53.4 Å². The van der Waals surface area contributed by atoms with E-state index in [9.17, 15) is 22.3 Å². The Kier molecular flexibility index (Phi) is 6.10. The number of hydrogen-bond donors (Lipinski definition) is 1. The number of hydrogen-bond acceptors (Lipinski definition) is 3. The molecule has 4 nitrogen and oxygen atoms in total. The lowest BCUT2D eigenvalue weighted by Crippen LogP contribution is -2.45. The lowest BCUT2D eigenvalue weighted by Gasteiger charge is -2.37. The fourth-order valence-corrected chi connectivity index (χ4v) is 5.13. The molecule has 0 radical (unpaired) electrons. The van der Waals surface area contributed by atoms with Crippen LogP contribution < -0.4 is 0 Å². The highest BCUT2D eigenvalue weighted by atomic mass is 35.5. The highest BCUT2D eigenvalue weighted by Crippen LogP contribution is 2.43. The van der Waals surface area contributed by atoms with Crippen molar-refractivity contribution in [2.24, 2.45) is 5.92 Å². The van der Waals surface area contributed by atoms with Crippen LogP contribution >= 0.6 is 11.6 Å². The highest BCUT2D eigenvalue weighted by molar-refractivity contribution is 7.89. The average Bonchev–Trinajstić information content (AvgIpc) is 2.68. The van der Waals surface area contributed by atoms with Crippen LogP contribution in [-0.4, -0.2) is 36.8 Å². The van der Waals surface area contributed by atoms with Crippen molar-refractivity contribution in [3.05, 3.63) is 64.7 Å². The number of alkyl halides is 2. The Labute approximate surface area is 168 Å². The van der Waals surface area contributed by atoms with Crippen molar-refractivity contribution in [2.45, 2.75) is 36.7 Å². The minimum absolute atomic E-state index is 0.0151. The minimum atomic E-state index is -3.72. The quantitative estimate of drug-likeness (QED) is 0.765. The second kappa shape index (κ2) is 8.06. The van der Waals surface area contributed by atoms with Gasteiger partial charge >= 0.3 is 0 Å². The lowest BCUT2D eigenvalue weighted by atomic mass is 9.86. The van der Waals surface area contributed by atoms with Gasteiger partial charge in [0.05, 0.1) is 4.90 Å². The predicted molar refractivity (Wildman–Crippen MR) is 104 cm³/mol. The Bertz CT molecular complexity index is 927. The second-order valence-electron chi connectivity index (χ2n) is 7.12. The van der Waals surface area contributed by atoms with Crippen LogP contribution in [0.1, 0.15) is 30.1 Å². The van der Waals surface area contributed by atoms with Crippen molar-refractivity contribution in [3.8, 4) is 0 Å². The zero-order chi connectivity index (χ0) is 20.5. The number of piperidine rings is 1. The molecule has 1 atom stereocenters. The number of aliphatic hydroxyl groups is 1. The third kappa shape index (κ3) is 4.22. The van der Waals surface area contributed by atoms with Gasteiger partial charge in [0.15, 0.2) is 0 Å². The van der Waals surface area contributed by atoms with Crippen molar-refractivity contribution in [1.29, 1.82) is 0 Å². The molecule has 8 heteroatoms. The van der Waals surface area contributed by atoms with E-state index >= 15 is 0 Å². The van der Waals surface area contributed by atoms with E-state index in [2.05, 4.69) is 0 Å². The molecule has 1 aliphatic rings. The molecular formula is C20H22ClF2NO3S. The fourth-order valence-electron chi connectivity index (χ4n) is 3.46. The van der Waals surface area contributed by atoms with Crippen LogP contribution in [0.4, 0.5) is 8.78 Å². The molecule has 1 N–H and O–H groups in total. The molecule has 0 bridgehead atoms. The van der Waals surface area contributed by atoms with Crippen LogP contribution in [0.5, 0.6) is 0 Å². The normalized spacial score (nSPS) is 18.2. The maximum atomic E-state index is 14.9. The van der Waals surface area contributed by atoms with Gasteiger partial charge in [-0.25, -0.2) is 17.2 Å². The third-order valence-electron chi connectivity index (χ3n) is 5.19. The van der Waals surface area contributed by atoms with Crippen LogP contribution in [-0.2, 0) is 10.0 Å². The van der Waals surface area contributed by atoms with E-state index in [1.165, 1.54) is 34.6 Å². The smallest absolute Gasteiger partial charge is 0.280 e. The van der Waals surface area contributed by atoms with Crippen LogP contribution in [0.2, 0.25) is 5.02 Å². The molecule has 152 valence electrons. The summed E-state index contributed by atoms with van der Waals surface area (Å²) < 4.78 is 56.4. The molecule has 1 fully saturated rings. The fraction of sp³-hybridized carbons (Fsp3) is 0.400. The zero-order valence-electron chi connectivity index (χ0n) is 15.4. The van der Waals surface area contributed by atoms with Crippen molar-refractivity contribution >= 4 is 21.6 Å². The molecule has 1 heterocycles. The summed E-state index contributed by atoms with van der Waals surface area (Å²) in [6, 6.07) is 12.2. The van der Waals surface area contributed by atoms with Gasteiger partial charge in [0.1, 0.15) is 6.10 Å². The highest BCUT2D eigenvalue weighted by Gasteiger charge is 2.48. The second-order valence-corrected chi connectivity index (χ2v) is 9.50. The van der Waals surface area contributed by atoms with E-state index in [1.807, 2.05) is 6.92 Å². The van der Waals surface area contributed by atoms with Crippen LogP contribution in [0, 0.1) is 12.8 Å². The Morgan fingerprint density at radius 2 is 1.75 bits per heavy atom. The van der Waals surface area contributed by atoms with E-state index < -0.39 is 28.0 Å². The molecule has 1 unspecified atom stereocenters. The summed E-state index contributed by atoms with van der Waals surface area (Å²) in [4.78, 5) is 0.155. The summed E-state index contributed by atoms with van der Waals surface area (Å²) in [5.74, 6) is -4.50. The number of nitrogens with zero attached hydrogens (tertiary/aromatic N) is 1. The van der Waals surface area contributed by atoms with E-state index in [-0.39, 0.29) is 41.4 Å². The summed E-state index contributed by atoms with van der Waals surface area (Å²) in [5, 5.41) is 10.5. The number of aliphatic hydroxyl groups excluding tert-OH is 1. The topological polar surface area (TPSA) is 57.6 Å². The zero-order valence-corrected chi connectivity index (χ0v) is 16.9. The van der Waals surface area contributed by atoms with E-state index in [1.54, 1.807) is 18.2 Å². The van der Waals surface area contributed by atoms with Gasteiger partial charge in [0.25, 0.3) is 5.92 Å². The van der Waals surface area contributed by atoms with E-state index in [4.69, 9.17) is 11.6 Å². The van der Waals surface area contributed by atoms with Crippen LogP contribution in [0.25, 0.3) is 0 Å². The van der Waals surface area contributed by atoms with Crippen molar-refractivity contribution < 1.29 is 22.3 Å². The first-order chi connectivity index (χ1) is 13.1. The molecule has 2 aromatic carbocycles. The van der Waals surface area contributed by atoms with Gasteiger partial charge in [-0.1, -0.05) is 41.4 Å². The van der Waals surface area contributed by atoms with Gasteiger partial charge in [-0.05, 0) is 49.6 Å². The molecule has 28 heavy (non-hydrogen) atoms. The molecule has 0 spiro atoms. The first-order valence-electron chi connectivity index (χ1n) is 9.00. The monoisotopic (exact) mass is 429 g/mol. The lowest BCUT2D eigenvalue weighted by molar-refractivity contribution is -0.158. The summed E-state index contributed by atoms with van der Waals surface area (Å²) in [6.07, 6.45) is -2.05. The van der Waals surface area contributed by atoms with Crippen LogP contribution in [0.3, 0.4) is 0 Å². The molecule has 0 saturated carbocycles. The molecule has 3 rings (SSSR count). The SMILES string of the molecule is Cc1ccc(S(=O)(=O)N2CCC(C(F)(F)C(O)c3cccc(Cl)c3)CC2)cc1. The molecule has 0 aliphatic carbocycles. The van der Waals surface area contributed by atoms with Gasteiger partial charge in [-0.3, -0.25) is 0 Å². The van der Waals surface area contributed by atoms with E-state index in [0.29, 0.717) is 0 Å².